The van der Waals surface area contributed by atoms with Gasteiger partial charge in [-0.15, -0.1) is 0 Å². The van der Waals surface area contributed by atoms with Crippen LogP contribution < -0.4 is 5.32 Å². The fourth-order valence-electron chi connectivity index (χ4n) is 3.06. The molecule has 0 saturated heterocycles. The highest BCUT2D eigenvalue weighted by Gasteiger charge is 2.07. The van der Waals surface area contributed by atoms with E-state index in [0.29, 0.717) is 12.1 Å². The second kappa shape index (κ2) is 9.99. The van der Waals surface area contributed by atoms with Crippen LogP contribution >= 0.6 is 0 Å². The summed E-state index contributed by atoms with van der Waals surface area (Å²) in [6.45, 7) is 6.59. The molecule has 4 aromatic rings. The summed E-state index contributed by atoms with van der Waals surface area (Å²) in [5, 5.41) is 19.8. The summed E-state index contributed by atoms with van der Waals surface area (Å²) in [6.07, 6.45) is 5.29. The second-order valence-corrected chi connectivity index (χ2v) is 6.44. The fraction of sp³-hybridized carbons (Fsp3) is 0.167. The number of H-pyrrole nitrogens is 1. The van der Waals surface area contributed by atoms with Crippen molar-refractivity contribution in [3.63, 3.8) is 0 Å². The molecule has 0 fully saturated rings. The van der Waals surface area contributed by atoms with Crippen LogP contribution in [0.2, 0.25) is 0 Å². The molecule has 0 saturated carbocycles. The number of aromatic nitrogens is 4. The Bertz CT molecular complexity index is 1140. The molecule has 1 aromatic carbocycles. The van der Waals surface area contributed by atoms with Gasteiger partial charge in [-0.2, -0.15) is 10.4 Å². The summed E-state index contributed by atoms with van der Waals surface area (Å²) in [6, 6.07) is 17.7. The molecule has 2 N–H and O–H groups in total. The highest BCUT2D eigenvalue weighted by atomic mass is 15.1. The summed E-state index contributed by atoms with van der Waals surface area (Å²) in [5.74, 6) is 0.779. The molecule has 3 heterocycles. The first-order chi connectivity index (χ1) is 14.7. The average Bonchev–Trinajstić information content (AvgIpc) is 3.29. The van der Waals surface area contributed by atoms with Gasteiger partial charge in [0.05, 0.1) is 29.6 Å². The number of nitrogens with zero attached hydrogens (tertiary/aromatic N) is 4. The lowest BCUT2D eigenvalue weighted by Gasteiger charge is -2.09. The second-order valence-electron chi connectivity index (χ2n) is 6.44. The van der Waals surface area contributed by atoms with Crippen molar-refractivity contribution >= 4 is 5.82 Å². The molecule has 3 aromatic heterocycles. The maximum Gasteiger partial charge on any atom is 0.126 e. The molecule has 4 rings (SSSR count). The first-order valence-corrected chi connectivity index (χ1v) is 9.88. The summed E-state index contributed by atoms with van der Waals surface area (Å²) in [5.41, 5.74) is 6.74. The van der Waals surface area contributed by atoms with E-state index in [1.54, 1.807) is 18.6 Å². The maximum absolute atomic E-state index is 9.04. The van der Waals surface area contributed by atoms with E-state index in [-0.39, 0.29) is 0 Å². The molecule has 0 bridgehead atoms. The van der Waals surface area contributed by atoms with Crippen LogP contribution in [0.3, 0.4) is 0 Å². The van der Waals surface area contributed by atoms with E-state index in [1.807, 2.05) is 69.3 Å². The van der Waals surface area contributed by atoms with Gasteiger partial charge in [-0.1, -0.05) is 19.9 Å². The molecule has 150 valence electrons. The van der Waals surface area contributed by atoms with Crippen molar-refractivity contribution in [3.05, 3.63) is 83.9 Å². The number of rotatable bonds is 5. The van der Waals surface area contributed by atoms with Gasteiger partial charge in [0.25, 0.3) is 0 Å². The molecule has 0 spiro atoms. The van der Waals surface area contributed by atoms with Gasteiger partial charge in [-0.25, -0.2) is 4.98 Å². The van der Waals surface area contributed by atoms with Crippen molar-refractivity contribution < 1.29 is 0 Å². The molecule has 0 aliphatic rings. The number of benzene rings is 1. The van der Waals surface area contributed by atoms with Crippen molar-refractivity contribution in [1.29, 1.82) is 5.26 Å². The van der Waals surface area contributed by atoms with Crippen molar-refractivity contribution in [2.75, 3.05) is 5.32 Å². The molecule has 30 heavy (non-hydrogen) atoms. The van der Waals surface area contributed by atoms with E-state index in [0.717, 1.165) is 39.5 Å². The fourth-order valence-corrected chi connectivity index (χ4v) is 3.06. The van der Waals surface area contributed by atoms with Gasteiger partial charge in [0.1, 0.15) is 5.82 Å². The number of aryl methyl sites for hydroxylation is 1. The molecule has 6 heteroatoms. The minimum absolute atomic E-state index is 0.584. The lowest BCUT2D eigenvalue weighted by Crippen LogP contribution is -2.01. The summed E-state index contributed by atoms with van der Waals surface area (Å²) >= 11 is 0. The average molecular weight is 396 g/mol. The van der Waals surface area contributed by atoms with Crippen LogP contribution in [0.1, 0.15) is 30.7 Å². The number of pyridine rings is 2. The Labute approximate surface area is 176 Å². The molecule has 0 amide bonds. The van der Waals surface area contributed by atoms with Gasteiger partial charge in [-0.05, 0) is 66.1 Å². The van der Waals surface area contributed by atoms with Crippen LogP contribution in [0.15, 0.2) is 67.1 Å². The van der Waals surface area contributed by atoms with E-state index in [4.69, 9.17) is 5.26 Å². The Morgan fingerprint density at radius 1 is 0.967 bits per heavy atom. The number of nitriles is 1. The van der Waals surface area contributed by atoms with Crippen LogP contribution in [-0.2, 0) is 6.54 Å². The lowest BCUT2D eigenvalue weighted by atomic mass is 9.99. The third-order valence-electron chi connectivity index (χ3n) is 4.49. The van der Waals surface area contributed by atoms with E-state index in [9.17, 15) is 0 Å². The van der Waals surface area contributed by atoms with E-state index < -0.39 is 0 Å². The van der Waals surface area contributed by atoms with E-state index in [2.05, 4.69) is 31.6 Å². The van der Waals surface area contributed by atoms with Crippen molar-refractivity contribution in [2.24, 2.45) is 0 Å². The standard InChI is InChI=1S/C22H18N6.C2H6/c1-15-10-16(13-23)2-3-20(15)18-6-9-25-22(11-18)26-14-19-12-21(28-27-19)17-4-7-24-8-5-17;1-2/h2-12H,14H2,1H3,(H,25,26)(H,27,28);1-2H3. The normalized spacial score (nSPS) is 9.93. The first kappa shape index (κ1) is 20.7. The predicted octanol–water partition coefficient (Wildman–Crippen LogP) is 5.35. The van der Waals surface area contributed by atoms with Crippen molar-refractivity contribution in [3.8, 4) is 28.5 Å². The molecule has 0 aliphatic carbocycles. The minimum Gasteiger partial charge on any atom is -0.364 e. The van der Waals surface area contributed by atoms with Crippen molar-refractivity contribution in [2.45, 2.75) is 27.3 Å². The summed E-state index contributed by atoms with van der Waals surface area (Å²) in [7, 11) is 0. The number of hydrogen-bond acceptors (Lipinski definition) is 5. The molecule has 0 unspecified atom stereocenters. The van der Waals surface area contributed by atoms with Crippen LogP contribution in [0.4, 0.5) is 5.82 Å². The van der Waals surface area contributed by atoms with E-state index >= 15 is 0 Å². The Balaban J connectivity index is 0.00000124. The zero-order chi connectivity index (χ0) is 21.3. The molecular weight excluding hydrogens is 372 g/mol. The third-order valence-corrected chi connectivity index (χ3v) is 4.49. The van der Waals surface area contributed by atoms with Gasteiger partial charge in [0.15, 0.2) is 0 Å². The van der Waals surface area contributed by atoms with Crippen molar-refractivity contribution in [1.82, 2.24) is 20.2 Å². The van der Waals surface area contributed by atoms with Crippen LogP contribution in [0.25, 0.3) is 22.4 Å². The molecular formula is C24H24N6. The topological polar surface area (TPSA) is 90.3 Å². The summed E-state index contributed by atoms with van der Waals surface area (Å²) < 4.78 is 0. The SMILES string of the molecule is CC.Cc1cc(C#N)ccc1-c1ccnc(NCc2cc(-c3ccncc3)n[nH]2)c1. The number of aromatic amines is 1. The quantitative estimate of drug-likeness (QED) is 0.474. The number of nitrogens with one attached hydrogen (secondary N) is 2. The van der Waals surface area contributed by atoms with Crippen LogP contribution in [0.5, 0.6) is 0 Å². The number of anilines is 1. The third kappa shape index (κ3) is 4.89. The van der Waals surface area contributed by atoms with Gasteiger partial charge >= 0.3 is 0 Å². The molecule has 0 atom stereocenters. The van der Waals surface area contributed by atoms with Gasteiger partial charge in [0, 0.05) is 24.2 Å². The maximum atomic E-state index is 9.04. The minimum atomic E-state index is 0.584. The zero-order valence-corrected chi connectivity index (χ0v) is 17.3. The van der Waals surface area contributed by atoms with Crippen LogP contribution in [-0.4, -0.2) is 20.2 Å². The Morgan fingerprint density at radius 3 is 2.47 bits per heavy atom. The van der Waals surface area contributed by atoms with Gasteiger partial charge in [-0.3, -0.25) is 10.1 Å². The monoisotopic (exact) mass is 396 g/mol. The smallest absolute Gasteiger partial charge is 0.126 e. The molecule has 0 radical (unpaired) electrons. The zero-order valence-electron chi connectivity index (χ0n) is 17.3. The number of hydrogen-bond donors (Lipinski definition) is 2. The largest absolute Gasteiger partial charge is 0.364 e. The predicted molar refractivity (Wildman–Crippen MR) is 120 cm³/mol. The van der Waals surface area contributed by atoms with E-state index in [1.165, 1.54) is 0 Å². The van der Waals surface area contributed by atoms with Gasteiger partial charge in [0.2, 0.25) is 0 Å². The Morgan fingerprint density at radius 2 is 1.73 bits per heavy atom. The summed E-state index contributed by atoms with van der Waals surface area (Å²) in [4.78, 5) is 8.43. The first-order valence-electron chi connectivity index (χ1n) is 9.88. The molecule has 6 nitrogen and oxygen atoms in total. The highest BCUT2D eigenvalue weighted by Crippen LogP contribution is 2.26. The molecule has 0 aliphatic heterocycles. The lowest BCUT2D eigenvalue weighted by molar-refractivity contribution is 0.976. The Kier molecular flexibility index (Phi) is 6.91. The highest BCUT2D eigenvalue weighted by molar-refractivity contribution is 5.70. The van der Waals surface area contributed by atoms with Gasteiger partial charge < -0.3 is 5.32 Å². The Hall–Kier alpha value is -3.98. The van der Waals surface area contributed by atoms with Crippen LogP contribution in [0, 0.1) is 18.3 Å².